The normalized spacial score (nSPS) is 20.3. The second-order valence-electron chi connectivity index (χ2n) is 7.96. The number of amides is 4. The van der Waals surface area contributed by atoms with Gasteiger partial charge in [-0.3, -0.25) is 29.0 Å². The molecule has 1 unspecified atom stereocenters. The van der Waals surface area contributed by atoms with Gasteiger partial charge in [-0.25, -0.2) is 0 Å². The average molecular weight is 346 g/mol. The number of nitrogens with zero attached hydrogens (tertiary/aromatic N) is 2. The van der Waals surface area contributed by atoms with Crippen molar-refractivity contribution in [3.05, 3.63) is 24.3 Å². The Bertz CT molecular complexity index is 662. The molecule has 0 aromatic carbocycles. The molecule has 2 rings (SSSR count). The molecule has 0 aliphatic carbocycles. The van der Waals surface area contributed by atoms with Gasteiger partial charge in [0.15, 0.2) is 0 Å². The summed E-state index contributed by atoms with van der Waals surface area (Å²) in [5.41, 5.74) is 0.447. The van der Waals surface area contributed by atoms with Crippen molar-refractivity contribution in [3.63, 3.8) is 0 Å². The molecule has 0 aromatic rings. The zero-order valence-corrected chi connectivity index (χ0v) is 15.3. The quantitative estimate of drug-likeness (QED) is 0.522. The van der Waals surface area contributed by atoms with Gasteiger partial charge in [0.05, 0.1) is 12.8 Å². The highest BCUT2D eigenvalue weighted by Gasteiger charge is 2.37. The third-order valence-corrected chi connectivity index (χ3v) is 4.76. The van der Waals surface area contributed by atoms with Gasteiger partial charge in [-0.15, -0.1) is 0 Å². The van der Waals surface area contributed by atoms with Gasteiger partial charge >= 0.3 is 0 Å². The fraction of sp³-hybridized carbons (Fsp3) is 0.579. The van der Waals surface area contributed by atoms with Gasteiger partial charge in [-0.05, 0) is 24.2 Å². The van der Waals surface area contributed by atoms with Crippen LogP contribution in [0.3, 0.4) is 0 Å². The zero-order chi connectivity index (χ0) is 18.9. The molecule has 0 N–H and O–H groups in total. The van der Waals surface area contributed by atoms with Gasteiger partial charge in [-0.2, -0.15) is 0 Å². The molecule has 0 radical (unpaired) electrons. The number of rotatable bonds is 7. The van der Waals surface area contributed by atoms with E-state index >= 15 is 0 Å². The molecule has 2 aliphatic rings. The van der Waals surface area contributed by atoms with Crippen molar-refractivity contribution < 1.29 is 19.2 Å². The Hall–Kier alpha value is -2.24. The van der Waals surface area contributed by atoms with E-state index in [4.69, 9.17) is 0 Å². The summed E-state index contributed by atoms with van der Waals surface area (Å²) in [6, 6.07) is 0. The van der Waals surface area contributed by atoms with Gasteiger partial charge in [-0.1, -0.05) is 33.9 Å². The van der Waals surface area contributed by atoms with Crippen molar-refractivity contribution in [2.24, 2.45) is 11.3 Å². The van der Waals surface area contributed by atoms with E-state index in [-0.39, 0.29) is 47.8 Å². The number of carbonyl (C=O) groups is 4. The van der Waals surface area contributed by atoms with Gasteiger partial charge in [0, 0.05) is 24.2 Å². The van der Waals surface area contributed by atoms with E-state index in [0.29, 0.717) is 30.7 Å². The summed E-state index contributed by atoms with van der Waals surface area (Å²) in [6.07, 6.45) is 1.67. The molecule has 2 saturated heterocycles. The maximum absolute atomic E-state index is 12.0. The Morgan fingerprint density at radius 1 is 0.960 bits per heavy atom. The fourth-order valence-electron chi connectivity index (χ4n) is 3.59. The Labute approximate surface area is 148 Å². The van der Waals surface area contributed by atoms with Crippen LogP contribution in [-0.4, -0.2) is 46.5 Å². The third-order valence-electron chi connectivity index (χ3n) is 4.76. The van der Waals surface area contributed by atoms with Crippen LogP contribution in [0.25, 0.3) is 0 Å². The van der Waals surface area contributed by atoms with Crippen molar-refractivity contribution >= 4 is 23.6 Å². The maximum Gasteiger partial charge on any atom is 0.256 e. The first-order valence-electron chi connectivity index (χ1n) is 8.57. The molecule has 0 spiro atoms. The number of hydrogen-bond donors (Lipinski definition) is 0. The predicted molar refractivity (Wildman–Crippen MR) is 93.1 cm³/mol. The van der Waals surface area contributed by atoms with E-state index in [1.807, 2.05) is 20.8 Å². The molecular formula is C19H26N2O4. The molecule has 2 fully saturated rings. The Balaban J connectivity index is 1.87. The summed E-state index contributed by atoms with van der Waals surface area (Å²) in [5.74, 6) is -0.697. The maximum atomic E-state index is 12.0. The number of likely N-dealkylation sites (tertiary alicyclic amines) is 2. The lowest BCUT2D eigenvalue weighted by Gasteiger charge is -2.32. The first-order chi connectivity index (χ1) is 11.5. The molecule has 0 bridgehead atoms. The summed E-state index contributed by atoms with van der Waals surface area (Å²) in [5, 5.41) is 0. The van der Waals surface area contributed by atoms with Crippen LogP contribution in [0.15, 0.2) is 24.3 Å². The van der Waals surface area contributed by atoms with E-state index in [0.717, 1.165) is 6.42 Å². The van der Waals surface area contributed by atoms with E-state index in [1.165, 1.54) is 9.80 Å². The molecule has 136 valence electrons. The van der Waals surface area contributed by atoms with Crippen LogP contribution < -0.4 is 0 Å². The first kappa shape index (κ1) is 19.1. The Morgan fingerprint density at radius 3 is 1.88 bits per heavy atom. The second kappa shape index (κ2) is 6.94. The molecule has 0 saturated carbocycles. The van der Waals surface area contributed by atoms with Crippen LogP contribution in [0.2, 0.25) is 0 Å². The van der Waals surface area contributed by atoms with Crippen LogP contribution in [-0.2, 0) is 19.2 Å². The van der Waals surface area contributed by atoms with Crippen LogP contribution in [0, 0.1) is 11.3 Å². The molecular weight excluding hydrogens is 320 g/mol. The van der Waals surface area contributed by atoms with Crippen LogP contribution in [0.5, 0.6) is 0 Å². The lowest BCUT2D eigenvalue weighted by atomic mass is 9.81. The van der Waals surface area contributed by atoms with Gasteiger partial charge < -0.3 is 0 Å². The standard InChI is InChI=1S/C19H26N2O4/c1-12(6-7-20-15(22)8-13(2)17(20)24)10-19(4,5)11-21-16(23)9-14(3)18(21)25/h12H,2-3,6-11H2,1,4-5H3. The first-order valence-corrected chi connectivity index (χ1v) is 8.57. The molecule has 2 heterocycles. The Kier molecular flexibility index (Phi) is 5.30. The van der Waals surface area contributed by atoms with Gasteiger partial charge in [0.2, 0.25) is 11.8 Å². The van der Waals surface area contributed by atoms with Gasteiger partial charge in [0.1, 0.15) is 0 Å². The minimum absolute atomic E-state index is 0.105. The fourth-order valence-corrected chi connectivity index (χ4v) is 3.59. The molecule has 4 amide bonds. The predicted octanol–water partition coefficient (Wildman–Crippen LogP) is 2.06. The van der Waals surface area contributed by atoms with Crippen molar-refractivity contribution in [3.8, 4) is 0 Å². The molecule has 0 aromatic heterocycles. The minimum Gasteiger partial charge on any atom is -0.278 e. The summed E-state index contributed by atoms with van der Waals surface area (Å²) < 4.78 is 0. The van der Waals surface area contributed by atoms with E-state index in [2.05, 4.69) is 13.2 Å². The van der Waals surface area contributed by atoms with Crippen molar-refractivity contribution in [2.75, 3.05) is 13.1 Å². The lowest BCUT2D eigenvalue weighted by molar-refractivity contribution is -0.140. The summed E-state index contributed by atoms with van der Waals surface area (Å²) in [6.45, 7) is 14.1. The SMILES string of the molecule is C=C1CC(=O)N(CCC(C)CC(C)(C)CN2C(=O)CC(=C)C2=O)C1=O. The van der Waals surface area contributed by atoms with E-state index in [9.17, 15) is 19.2 Å². The minimum atomic E-state index is -0.280. The third kappa shape index (κ3) is 4.24. The summed E-state index contributed by atoms with van der Waals surface area (Å²) >= 11 is 0. The van der Waals surface area contributed by atoms with Crippen LogP contribution in [0.1, 0.15) is 46.5 Å². The molecule has 6 heteroatoms. The number of hydrogen-bond acceptors (Lipinski definition) is 4. The van der Waals surface area contributed by atoms with Crippen molar-refractivity contribution in [2.45, 2.75) is 46.5 Å². The molecule has 6 nitrogen and oxygen atoms in total. The van der Waals surface area contributed by atoms with E-state index in [1.54, 1.807) is 0 Å². The highest BCUT2D eigenvalue weighted by atomic mass is 16.2. The second-order valence-corrected chi connectivity index (χ2v) is 7.96. The smallest absolute Gasteiger partial charge is 0.256 e. The Morgan fingerprint density at radius 2 is 1.44 bits per heavy atom. The topological polar surface area (TPSA) is 74.8 Å². The lowest BCUT2D eigenvalue weighted by Crippen LogP contribution is -2.39. The monoisotopic (exact) mass is 346 g/mol. The highest BCUT2D eigenvalue weighted by molar-refractivity contribution is 6.13. The zero-order valence-electron chi connectivity index (χ0n) is 15.3. The summed E-state index contributed by atoms with van der Waals surface area (Å²) in [4.78, 5) is 50.1. The number of imide groups is 2. The average Bonchev–Trinajstić information content (AvgIpc) is 2.86. The van der Waals surface area contributed by atoms with Crippen molar-refractivity contribution in [1.29, 1.82) is 0 Å². The molecule has 2 aliphatic heterocycles. The highest BCUT2D eigenvalue weighted by Crippen LogP contribution is 2.31. The van der Waals surface area contributed by atoms with E-state index < -0.39 is 0 Å². The van der Waals surface area contributed by atoms with Crippen LogP contribution >= 0.6 is 0 Å². The number of carbonyl (C=O) groups excluding carboxylic acids is 4. The van der Waals surface area contributed by atoms with Gasteiger partial charge in [0.25, 0.3) is 11.8 Å². The van der Waals surface area contributed by atoms with Crippen LogP contribution in [0.4, 0.5) is 0 Å². The molecule has 25 heavy (non-hydrogen) atoms. The largest absolute Gasteiger partial charge is 0.278 e. The van der Waals surface area contributed by atoms with Crippen molar-refractivity contribution in [1.82, 2.24) is 9.80 Å². The molecule has 1 atom stereocenters. The summed E-state index contributed by atoms with van der Waals surface area (Å²) in [7, 11) is 0.